The van der Waals surface area contributed by atoms with Crippen LogP contribution in [0.15, 0.2) is 29.8 Å². The predicted molar refractivity (Wildman–Crippen MR) is 144 cm³/mol. The number of hydrogen-bond acceptors (Lipinski definition) is 6. The van der Waals surface area contributed by atoms with E-state index in [1.807, 2.05) is 43.6 Å². The summed E-state index contributed by atoms with van der Waals surface area (Å²) in [6, 6.07) is 5.76. The van der Waals surface area contributed by atoms with Gasteiger partial charge in [-0.25, -0.2) is 9.37 Å². The number of hydrogen-bond donors (Lipinski definition) is 3. The van der Waals surface area contributed by atoms with Crippen LogP contribution in [0.25, 0.3) is 10.4 Å². The molecule has 2 heterocycles. The smallest absolute Gasteiger partial charge is 0.258 e. The van der Waals surface area contributed by atoms with Crippen molar-refractivity contribution >= 4 is 29.1 Å². The molecule has 3 amide bonds. The molecule has 0 radical (unpaired) electrons. The summed E-state index contributed by atoms with van der Waals surface area (Å²) in [6.45, 7) is 9.24. The average molecular weight is 545 g/mol. The van der Waals surface area contributed by atoms with Crippen LogP contribution in [0.5, 0.6) is 0 Å². The second-order valence-corrected chi connectivity index (χ2v) is 12.3. The number of rotatable bonds is 8. The van der Waals surface area contributed by atoms with Gasteiger partial charge in [-0.3, -0.25) is 14.4 Å². The van der Waals surface area contributed by atoms with Crippen LogP contribution in [0, 0.1) is 12.3 Å². The fourth-order valence-corrected chi connectivity index (χ4v) is 5.66. The number of alkyl halides is 1. The van der Waals surface area contributed by atoms with Gasteiger partial charge in [0.1, 0.15) is 12.1 Å². The van der Waals surface area contributed by atoms with Crippen molar-refractivity contribution in [3.63, 3.8) is 0 Å². The molecule has 0 spiro atoms. The lowest BCUT2D eigenvalue weighted by molar-refractivity contribution is -0.145. The molecular weight excluding hydrogens is 507 g/mol. The third-order valence-electron chi connectivity index (χ3n) is 7.39. The van der Waals surface area contributed by atoms with Crippen LogP contribution in [-0.2, 0) is 14.4 Å². The Morgan fingerprint density at radius 2 is 1.87 bits per heavy atom. The number of nitrogens with one attached hydrogen (secondary N) is 2. The number of thiazole rings is 1. The van der Waals surface area contributed by atoms with Gasteiger partial charge in [0.15, 0.2) is 5.67 Å². The van der Waals surface area contributed by atoms with Crippen molar-refractivity contribution in [3.8, 4) is 10.4 Å². The van der Waals surface area contributed by atoms with Crippen LogP contribution < -0.4 is 10.6 Å². The third-order valence-corrected chi connectivity index (χ3v) is 8.37. The lowest BCUT2D eigenvalue weighted by Gasteiger charge is -2.36. The molecular formula is C28H37FN4O4S. The summed E-state index contributed by atoms with van der Waals surface area (Å²) in [7, 11) is 0. The van der Waals surface area contributed by atoms with E-state index in [2.05, 4.69) is 15.6 Å². The zero-order valence-corrected chi connectivity index (χ0v) is 23.4. The maximum Gasteiger partial charge on any atom is 0.258 e. The van der Waals surface area contributed by atoms with Gasteiger partial charge >= 0.3 is 0 Å². The SMILES string of the molecule is CC[C@@H](NC(=O)[C@@H]1C[C@@H](O)CN1C(=O)[C@@H](NC(=O)C1(F)CC1)C(C)(C)C)c1ccc(-c2scnc2C)cc1. The minimum Gasteiger partial charge on any atom is -0.391 e. The molecule has 8 nitrogen and oxygen atoms in total. The highest BCUT2D eigenvalue weighted by molar-refractivity contribution is 7.13. The van der Waals surface area contributed by atoms with E-state index in [4.69, 9.17) is 0 Å². The number of aliphatic hydroxyl groups excluding tert-OH is 1. The first kappa shape index (κ1) is 28.2. The Bertz CT molecular complexity index is 1190. The van der Waals surface area contributed by atoms with E-state index in [1.54, 1.807) is 32.1 Å². The summed E-state index contributed by atoms with van der Waals surface area (Å²) in [4.78, 5) is 46.3. The molecule has 38 heavy (non-hydrogen) atoms. The van der Waals surface area contributed by atoms with Crippen molar-refractivity contribution in [2.45, 2.75) is 90.2 Å². The Kier molecular flexibility index (Phi) is 7.95. The van der Waals surface area contributed by atoms with Crippen LogP contribution >= 0.6 is 11.3 Å². The Morgan fingerprint density at radius 3 is 2.39 bits per heavy atom. The normalized spacial score (nSPS) is 22.0. The molecule has 3 N–H and O–H groups in total. The van der Waals surface area contributed by atoms with E-state index < -0.39 is 41.1 Å². The van der Waals surface area contributed by atoms with Crippen molar-refractivity contribution in [1.82, 2.24) is 20.5 Å². The molecule has 2 aromatic rings. The number of halogens is 1. The maximum atomic E-state index is 14.4. The molecule has 2 aliphatic rings. The Hall–Kier alpha value is -2.85. The summed E-state index contributed by atoms with van der Waals surface area (Å²) in [6.07, 6.45) is 0.132. The van der Waals surface area contributed by atoms with Crippen molar-refractivity contribution in [3.05, 3.63) is 41.0 Å². The molecule has 1 aromatic heterocycles. The van der Waals surface area contributed by atoms with E-state index in [0.717, 1.165) is 21.7 Å². The highest BCUT2D eigenvalue weighted by Gasteiger charge is 2.53. The van der Waals surface area contributed by atoms with Gasteiger partial charge < -0.3 is 20.6 Å². The van der Waals surface area contributed by atoms with Gasteiger partial charge in [-0.15, -0.1) is 11.3 Å². The minimum absolute atomic E-state index is 0.0279. The third kappa shape index (κ3) is 5.91. The van der Waals surface area contributed by atoms with Gasteiger partial charge in [0.05, 0.1) is 28.2 Å². The van der Waals surface area contributed by atoms with Gasteiger partial charge in [-0.2, -0.15) is 0 Å². The number of nitrogens with zero attached hydrogens (tertiary/aromatic N) is 2. The van der Waals surface area contributed by atoms with E-state index in [0.29, 0.717) is 6.42 Å². The fourth-order valence-electron chi connectivity index (χ4n) is 4.85. The number of amides is 3. The van der Waals surface area contributed by atoms with Crippen molar-refractivity contribution in [2.75, 3.05) is 6.54 Å². The molecule has 4 atom stereocenters. The molecule has 4 rings (SSSR count). The number of carbonyl (C=O) groups excluding carboxylic acids is 3. The highest BCUT2D eigenvalue weighted by atomic mass is 32.1. The number of aliphatic hydroxyl groups is 1. The monoisotopic (exact) mass is 544 g/mol. The quantitative estimate of drug-likeness (QED) is 0.470. The molecule has 1 aliphatic heterocycles. The lowest BCUT2D eigenvalue weighted by Crippen LogP contribution is -2.59. The van der Waals surface area contributed by atoms with Crippen LogP contribution in [-0.4, -0.2) is 63.1 Å². The van der Waals surface area contributed by atoms with E-state index >= 15 is 0 Å². The first-order chi connectivity index (χ1) is 17.8. The van der Waals surface area contributed by atoms with Crippen LogP contribution in [0.3, 0.4) is 0 Å². The summed E-state index contributed by atoms with van der Waals surface area (Å²) < 4.78 is 14.4. The predicted octanol–water partition coefficient (Wildman–Crippen LogP) is 3.68. The molecule has 0 bridgehead atoms. The number of likely N-dealkylation sites (tertiary alicyclic amines) is 1. The molecule has 2 fully saturated rings. The maximum absolute atomic E-state index is 14.4. The second-order valence-electron chi connectivity index (χ2n) is 11.5. The molecule has 1 saturated heterocycles. The lowest BCUT2D eigenvalue weighted by atomic mass is 9.85. The standard InChI is InChI=1S/C28H37FN4O4S/c1-6-20(17-7-9-18(10-8-17)22-16(2)30-15-38-22)31-24(35)21-13-19(34)14-33(21)25(36)23(27(3,4)5)32-26(37)28(29)11-12-28/h7-10,15,19-21,23,34H,6,11-14H2,1-5H3,(H,31,35)(H,32,37)/t19-,20-,21+,23-/m1/s1. The van der Waals surface area contributed by atoms with Crippen molar-refractivity contribution < 1.29 is 23.9 Å². The van der Waals surface area contributed by atoms with Crippen LogP contribution in [0.2, 0.25) is 0 Å². The van der Waals surface area contributed by atoms with Gasteiger partial charge in [-0.05, 0) is 42.7 Å². The Morgan fingerprint density at radius 1 is 1.21 bits per heavy atom. The largest absolute Gasteiger partial charge is 0.391 e. The van der Waals surface area contributed by atoms with Gasteiger partial charge in [0.2, 0.25) is 11.8 Å². The zero-order valence-electron chi connectivity index (χ0n) is 22.6. The highest BCUT2D eigenvalue weighted by Crippen LogP contribution is 2.40. The number of aryl methyl sites for hydroxylation is 1. The van der Waals surface area contributed by atoms with E-state index in [9.17, 15) is 23.9 Å². The van der Waals surface area contributed by atoms with Gasteiger partial charge in [-0.1, -0.05) is 52.0 Å². The summed E-state index contributed by atoms with van der Waals surface area (Å²) in [5, 5.41) is 16.0. The molecule has 0 unspecified atom stereocenters. The topological polar surface area (TPSA) is 112 Å². The molecule has 1 aromatic carbocycles. The minimum atomic E-state index is -1.92. The van der Waals surface area contributed by atoms with E-state index in [-0.39, 0.29) is 37.8 Å². The average Bonchev–Trinajstić information content (AvgIpc) is 3.28. The number of benzene rings is 1. The number of aromatic nitrogens is 1. The van der Waals surface area contributed by atoms with Crippen LogP contribution in [0.4, 0.5) is 4.39 Å². The second kappa shape index (κ2) is 10.7. The number of β-amino-alcohol motifs (C(OH)–C–C–N with tert-alkyl or cyclic N) is 1. The molecule has 10 heteroatoms. The Labute approximate surface area is 227 Å². The Balaban J connectivity index is 1.48. The van der Waals surface area contributed by atoms with Crippen molar-refractivity contribution in [2.24, 2.45) is 5.41 Å². The van der Waals surface area contributed by atoms with Gasteiger partial charge in [0.25, 0.3) is 5.91 Å². The molecule has 1 saturated carbocycles. The first-order valence-electron chi connectivity index (χ1n) is 13.1. The molecule has 206 valence electrons. The summed E-state index contributed by atoms with van der Waals surface area (Å²) in [5.74, 6) is -1.66. The fraction of sp³-hybridized carbons (Fsp3) is 0.571. The van der Waals surface area contributed by atoms with Gasteiger partial charge in [0, 0.05) is 13.0 Å². The first-order valence-corrected chi connectivity index (χ1v) is 14.0. The summed E-state index contributed by atoms with van der Waals surface area (Å²) in [5.41, 5.74) is 2.12. The summed E-state index contributed by atoms with van der Waals surface area (Å²) >= 11 is 1.58. The zero-order chi connectivity index (χ0) is 27.8. The molecule has 1 aliphatic carbocycles. The number of carbonyl (C=O) groups is 3. The van der Waals surface area contributed by atoms with Crippen molar-refractivity contribution in [1.29, 1.82) is 0 Å². The van der Waals surface area contributed by atoms with Crippen LogP contribution in [0.1, 0.15) is 70.7 Å². The van der Waals surface area contributed by atoms with E-state index in [1.165, 1.54) is 4.90 Å².